The van der Waals surface area contributed by atoms with Crippen molar-refractivity contribution in [2.24, 2.45) is 0 Å². The first-order valence-electron chi connectivity index (χ1n) is 4.53. The van der Waals surface area contributed by atoms with E-state index in [4.69, 9.17) is 5.11 Å². The van der Waals surface area contributed by atoms with E-state index in [-0.39, 0.29) is 5.37 Å². The number of hydrogen-bond donors (Lipinski definition) is 2. The van der Waals surface area contributed by atoms with Gasteiger partial charge in [0.25, 0.3) is 0 Å². The van der Waals surface area contributed by atoms with Gasteiger partial charge in [-0.15, -0.1) is 11.8 Å². The highest BCUT2D eigenvalue weighted by atomic mass is 127. The van der Waals surface area contributed by atoms with E-state index in [0.29, 0.717) is 5.75 Å². The summed E-state index contributed by atoms with van der Waals surface area (Å²) >= 11 is 3.90. The highest BCUT2D eigenvalue weighted by Gasteiger charge is 2.30. The van der Waals surface area contributed by atoms with Gasteiger partial charge in [0.05, 0.1) is 5.37 Å². The number of rotatable bonds is 2. The van der Waals surface area contributed by atoms with Crippen molar-refractivity contribution < 1.29 is 9.90 Å². The first-order valence-corrected chi connectivity index (χ1v) is 6.65. The van der Waals surface area contributed by atoms with E-state index in [9.17, 15) is 4.79 Å². The Labute approximate surface area is 106 Å². The fourth-order valence-electron chi connectivity index (χ4n) is 1.48. The van der Waals surface area contributed by atoms with Crippen molar-refractivity contribution >= 4 is 40.3 Å². The number of carboxylic acid groups (broad SMARTS) is 1. The molecular weight excluding hydrogens is 325 g/mol. The zero-order valence-electron chi connectivity index (χ0n) is 7.81. The van der Waals surface area contributed by atoms with Gasteiger partial charge in [0, 0.05) is 9.32 Å². The number of aliphatic carboxylic acids is 1. The van der Waals surface area contributed by atoms with Crippen LogP contribution in [0.3, 0.4) is 0 Å². The van der Waals surface area contributed by atoms with Gasteiger partial charge in [-0.1, -0.05) is 12.1 Å². The first kappa shape index (κ1) is 11.2. The average Bonchev–Trinajstić information content (AvgIpc) is 2.66. The topological polar surface area (TPSA) is 49.3 Å². The Bertz CT molecular complexity index is 385. The SMILES string of the molecule is O=C(O)[C@@H]1CS[C@@H](c2cccc(I)c2)N1. The van der Waals surface area contributed by atoms with Crippen molar-refractivity contribution in [2.75, 3.05) is 5.75 Å². The summed E-state index contributed by atoms with van der Waals surface area (Å²) < 4.78 is 1.17. The van der Waals surface area contributed by atoms with Crippen LogP contribution in [0.15, 0.2) is 24.3 Å². The maximum atomic E-state index is 10.8. The van der Waals surface area contributed by atoms with Gasteiger partial charge in [0.15, 0.2) is 0 Å². The number of hydrogen-bond acceptors (Lipinski definition) is 3. The predicted octanol–water partition coefficient (Wildman–Crippen LogP) is 2.08. The Hall–Kier alpha value is -0.270. The van der Waals surface area contributed by atoms with Gasteiger partial charge in [-0.2, -0.15) is 0 Å². The number of halogens is 1. The molecule has 1 fully saturated rings. The van der Waals surface area contributed by atoms with E-state index in [1.807, 2.05) is 18.2 Å². The van der Waals surface area contributed by atoms with Gasteiger partial charge in [0.1, 0.15) is 6.04 Å². The Morgan fingerprint density at radius 1 is 1.60 bits per heavy atom. The van der Waals surface area contributed by atoms with Crippen molar-refractivity contribution in [3.63, 3.8) is 0 Å². The van der Waals surface area contributed by atoms with Crippen LogP contribution >= 0.6 is 34.4 Å². The summed E-state index contributed by atoms with van der Waals surface area (Å²) in [4.78, 5) is 10.8. The van der Waals surface area contributed by atoms with Crippen molar-refractivity contribution in [3.05, 3.63) is 33.4 Å². The molecule has 2 rings (SSSR count). The molecule has 0 spiro atoms. The molecule has 1 saturated heterocycles. The van der Waals surface area contributed by atoms with Gasteiger partial charge in [-0.05, 0) is 40.3 Å². The summed E-state index contributed by atoms with van der Waals surface area (Å²) in [6.45, 7) is 0. The molecule has 0 aliphatic carbocycles. The quantitative estimate of drug-likeness (QED) is 0.813. The van der Waals surface area contributed by atoms with Crippen LogP contribution < -0.4 is 5.32 Å². The second-order valence-corrected chi connectivity index (χ2v) is 5.71. The molecule has 5 heteroatoms. The predicted molar refractivity (Wildman–Crippen MR) is 68.9 cm³/mol. The zero-order valence-corrected chi connectivity index (χ0v) is 10.8. The third kappa shape index (κ3) is 2.64. The molecule has 2 N–H and O–H groups in total. The third-order valence-corrected chi connectivity index (χ3v) is 4.17. The van der Waals surface area contributed by atoms with Crippen molar-refractivity contribution in [1.82, 2.24) is 5.32 Å². The van der Waals surface area contributed by atoms with Crippen LogP contribution in [0.4, 0.5) is 0 Å². The van der Waals surface area contributed by atoms with Crippen molar-refractivity contribution in [2.45, 2.75) is 11.4 Å². The number of thioether (sulfide) groups is 1. The highest BCUT2D eigenvalue weighted by Crippen LogP contribution is 2.33. The number of carboxylic acids is 1. The maximum Gasteiger partial charge on any atom is 0.321 e. The van der Waals surface area contributed by atoms with E-state index < -0.39 is 12.0 Å². The fourth-order valence-corrected chi connectivity index (χ4v) is 3.27. The van der Waals surface area contributed by atoms with Crippen LogP contribution in [0.5, 0.6) is 0 Å². The highest BCUT2D eigenvalue weighted by molar-refractivity contribution is 14.1. The molecule has 3 nitrogen and oxygen atoms in total. The van der Waals surface area contributed by atoms with E-state index in [0.717, 1.165) is 5.56 Å². The molecule has 0 unspecified atom stereocenters. The summed E-state index contributed by atoms with van der Waals surface area (Å²) in [6, 6.07) is 7.70. The second-order valence-electron chi connectivity index (χ2n) is 3.33. The van der Waals surface area contributed by atoms with Crippen LogP contribution in [-0.2, 0) is 4.79 Å². The summed E-state index contributed by atoms with van der Waals surface area (Å²) in [6.07, 6.45) is 0. The summed E-state index contributed by atoms with van der Waals surface area (Å²) in [5, 5.41) is 12.1. The number of nitrogens with one attached hydrogen (secondary N) is 1. The Morgan fingerprint density at radius 3 is 3.00 bits per heavy atom. The molecule has 80 valence electrons. The zero-order chi connectivity index (χ0) is 10.8. The summed E-state index contributed by atoms with van der Waals surface area (Å²) in [5.74, 6) is -0.138. The number of benzene rings is 1. The largest absolute Gasteiger partial charge is 0.480 e. The van der Waals surface area contributed by atoms with Gasteiger partial charge < -0.3 is 5.11 Å². The Balaban J connectivity index is 2.11. The molecule has 1 aromatic carbocycles. The van der Waals surface area contributed by atoms with E-state index in [2.05, 4.69) is 34.0 Å². The van der Waals surface area contributed by atoms with Gasteiger partial charge in [-0.25, -0.2) is 0 Å². The van der Waals surface area contributed by atoms with Crippen molar-refractivity contribution in [1.29, 1.82) is 0 Å². The lowest BCUT2D eigenvalue weighted by Crippen LogP contribution is -2.33. The lowest BCUT2D eigenvalue weighted by Gasteiger charge is -2.11. The molecule has 1 heterocycles. The molecule has 0 radical (unpaired) electrons. The van der Waals surface area contributed by atoms with Crippen LogP contribution in [0.1, 0.15) is 10.9 Å². The van der Waals surface area contributed by atoms with Gasteiger partial charge in [-0.3, -0.25) is 10.1 Å². The minimum absolute atomic E-state index is 0.112. The molecule has 0 amide bonds. The molecule has 0 bridgehead atoms. The van der Waals surface area contributed by atoms with Crippen LogP contribution in [0.25, 0.3) is 0 Å². The lowest BCUT2D eigenvalue weighted by atomic mass is 10.2. The minimum atomic E-state index is -0.768. The molecule has 1 aliphatic rings. The Kier molecular flexibility index (Phi) is 3.53. The molecule has 15 heavy (non-hydrogen) atoms. The van der Waals surface area contributed by atoms with Crippen LogP contribution in [-0.4, -0.2) is 22.9 Å². The smallest absolute Gasteiger partial charge is 0.321 e. The van der Waals surface area contributed by atoms with Gasteiger partial charge in [0.2, 0.25) is 0 Å². The average molecular weight is 335 g/mol. The van der Waals surface area contributed by atoms with E-state index in [1.165, 1.54) is 3.57 Å². The first-order chi connectivity index (χ1) is 7.16. The minimum Gasteiger partial charge on any atom is -0.480 e. The normalized spacial score (nSPS) is 25.4. The third-order valence-electron chi connectivity index (χ3n) is 2.23. The summed E-state index contributed by atoms with van der Waals surface area (Å²) in [7, 11) is 0. The summed E-state index contributed by atoms with van der Waals surface area (Å²) in [5.41, 5.74) is 1.15. The van der Waals surface area contributed by atoms with Crippen LogP contribution in [0, 0.1) is 3.57 Å². The molecule has 2 atom stereocenters. The Morgan fingerprint density at radius 2 is 2.40 bits per heavy atom. The van der Waals surface area contributed by atoms with Gasteiger partial charge >= 0.3 is 5.97 Å². The van der Waals surface area contributed by atoms with Crippen molar-refractivity contribution in [3.8, 4) is 0 Å². The number of carbonyl (C=O) groups is 1. The second kappa shape index (κ2) is 4.71. The molecule has 1 aliphatic heterocycles. The monoisotopic (exact) mass is 335 g/mol. The fraction of sp³-hybridized carbons (Fsp3) is 0.300. The molecule has 1 aromatic rings. The standard InChI is InChI=1S/C10H10INO2S/c11-7-3-1-2-6(4-7)9-12-8(5-15-9)10(13)14/h1-4,8-9,12H,5H2,(H,13,14)/t8-,9-/m0/s1. The molecule has 0 aromatic heterocycles. The van der Waals surface area contributed by atoms with E-state index in [1.54, 1.807) is 11.8 Å². The lowest BCUT2D eigenvalue weighted by molar-refractivity contribution is -0.138. The maximum absolute atomic E-state index is 10.8. The molecule has 0 saturated carbocycles. The molecular formula is C10H10INO2S. The van der Waals surface area contributed by atoms with E-state index >= 15 is 0 Å². The van der Waals surface area contributed by atoms with Crippen LogP contribution in [0.2, 0.25) is 0 Å².